The summed E-state index contributed by atoms with van der Waals surface area (Å²) in [7, 11) is 1.94. The largest absolute Gasteiger partial charge is 0.390 e. The summed E-state index contributed by atoms with van der Waals surface area (Å²) in [6, 6.07) is 0. The maximum Gasteiger partial charge on any atom is 0.0681 e. The Morgan fingerprint density at radius 1 is 1.50 bits per heavy atom. The smallest absolute Gasteiger partial charge is 0.0681 e. The molecule has 3 heteroatoms. The summed E-state index contributed by atoms with van der Waals surface area (Å²) >= 11 is 0. The molecule has 2 unspecified atom stereocenters. The Bertz CT molecular complexity index is 386. The second kappa shape index (κ2) is 5.43. The van der Waals surface area contributed by atoms with Gasteiger partial charge in [0.05, 0.1) is 11.8 Å². The van der Waals surface area contributed by atoms with Crippen molar-refractivity contribution in [1.29, 1.82) is 0 Å². The Morgan fingerprint density at radius 2 is 2.28 bits per heavy atom. The van der Waals surface area contributed by atoms with E-state index in [1.807, 2.05) is 17.9 Å². The molecule has 1 heterocycles. The van der Waals surface area contributed by atoms with E-state index in [1.165, 1.54) is 24.8 Å². The van der Waals surface area contributed by atoms with Crippen molar-refractivity contribution in [3.63, 3.8) is 0 Å². The zero-order chi connectivity index (χ0) is 13.2. The van der Waals surface area contributed by atoms with Crippen LogP contribution in [0.25, 0.3) is 0 Å². The van der Waals surface area contributed by atoms with E-state index < -0.39 is 5.60 Å². The van der Waals surface area contributed by atoms with E-state index in [4.69, 9.17) is 0 Å². The van der Waals surface area contributed by atoms with Crippen molar-refractivity contribution in [3.05, 3.63) is 18.0 Å². The molecule has 3 nitrogen and oxygen atoms in total. The lowest BCUT2D eigenvalue weighted by Gasteiger charge is -2.42. The lowest BCUT2D eigenvalue weighted by atomic mass is 9.68. The first-order valence-electron chi connectivity index (χ1n) is 7.21. The van der Waals surface area contributed by atoms with E-state index in [1.54, 1.807) is 0 Å². The number of aliphatic hydroxyl groups is 1. The Hall–Kier alpha value is -0.830. The predicted molar refractivity (Wildman–Crippen MR) is 73.3 cm³/mol. The molecule has 1 aromatic rings. The van der Waals surface area contributed by atoms with Gasteiger partial charge in [0.2, 0.25) is 0 Å². The summed E-state index contributed by atoms with van der Waals surface area (Å²) < 4.78 is 1.83. The average Bonchev–Trinajstić information content (AvgIpc) is 2.73. The standard InChI is InChI=1S/C15H26N2O/c1-12(2)14-6-4-5-8-15(14,18)9-7-13-10-16-17(3)11-13/h10-12,14,18H,4-9H2,1-3H3. The zero-order valence-electron chi connectivity index (χ0n) is 11.9. The van der Waals surface area contributed by atoms with E-state index >= 15 is 0 Å². The van der Waals surface area contributed by atoms with Gasteiger partial charge in [-0.2, -0.15) is 5.10 Å². The van der Waals surface area contributed by atoms with Crippen LogP contribution in [0, 0.1) is 11.8 Å². The van der Waals surface area contributed by atoms with E-state index in [0.29, 0.717) is 11.8 Å². The van der Waals surface area contributed by atoms with Crippen molar-refractivity contribution in [2.45, 2.75) is 58.0 Å². The van der Waals surface area contributed by atoms with E-state index in [9.17, 15) is 5.11 Å². The molecule has 2 rings (SSSR count). The quantitative estimate of drug-likeness (QED) is 0.892. The van der Waals surface area contributed by atoms with Crippen molar-refractivity contribution >= 4 is 0 Å². The summed E-state index contributed by atoms with van der Waals surface area (Å²) in [5, 5.41) is 15.1. The third kappa shape index (κ3) is 2.94. The minimum absolute atomic E-state index is 0.456. The van der Waals surface area contributed by atoms with E-state index in [2.05, 4.69) is 25.1 Å². The molecule has 0 bridgehead atoms. The van der Waals surface area contributed by atoms with Crippen LogP contribution in [0.4, 0.5) is 0 Å². The van der Waals surface area contributed by atoms with Gasteiger partial charge in [-0.3, -0.25) is 4.68 Å². The SMILES string of the molecule is CC(C)C1CCCCC1(O)CCc1cnn(C)c1. The van der Waals surface area contributed by atoms with Gasteiger partial charge in [-0.25, -0.2) is 0 Å². The summed E-state index contributed by atoms with van der Waals surface area (Å²) in [6.07, 6.45) is 10.4. The van der Waals surface area contributed by atoms with Gasteiger partial charge in [0.15, 0.2) is 0 Å². The molecule has 1 aliphatic rings. The number of rotatable bonds is 4. The maximum atomic E-state index is 10.9. The number of nitrogens with zero attached hydrogens (tertiary/aromatic N) is 2. The van der Waals surface area contributed by atoms with Gasteiger partial charge >= 0.3 is 0 Å². The van der Waals surface area contributed by atoms with Crippen molar-refractivity contribution in [2.24, 2.45) is 18.9 Å². The van der Waals surface area contributed by atoms with Crippen molar-refractivity contribution in [2.75, 3.05) is 0 Å². The van der Waals surface area contributed by atoms with Crippen LogP contribution in [0.5, 0.6) is 0 Å². The van der Waals surface area contributed by atoms with E-state index in [-0.39, 0.29) is 0 Å². The van der Waals surface area contributed by atoms with Crippen LogP contribution in [0.3, 0.4) is 0 Å². The van der Waals surface area contributed by atoms with Crippen LogP contribution in [-0.4, -0.2) is 20.5 Å². The van der Waals surface area contributed by atoms with Crippen LogP contribution < -0.4 is 0 Å². The molecular formula is C15H26N2O. The fourth-order valence-corrected chi connectivity index (χ4v) is 3.48. The third-order valence-corrected chi connectivity index (χ3v) is 4.47. The van der Waals surface area contributed by atoms with Crippen LogP contribution in [0.1, 0.15) is 51.5 Å². The molecule has 0 aromatic carbocycles. The third-order valence-electron chi connectivity index (χ3n) is 4.47. The lowest BCUT2D eigenvalue weighted by Crippen LogP contribution is -2.43. The molecular weight excluding hydrogens is 224 g/mol. The highest BCUT2D eigenvalue weighted by atomic mass is 16.3. The van der Waals surface area contributed by atoms with Crippen LogP contribution in [-0.2, 0) is 13.5 Å². The first-order chi connectivity index (χ1) is 8.51. The molecule has 0 spiro atoms. The van der Waals surface area contributed by atoms with Crippen molar-refractivity contribution in [1.82, 2.24) is 9.78 Å². The molecule has 0 radical (unpaired) electrons. The number of aromatic nitrogens is 2. The fourth-order valence-electron chi connectivity index (χ4n) is 3.48. The first kappa shape index (κ1) is 13.6. The zero-order valence-corrected chi connectivity index (χ0v) is 11.9. The monoisotopic (exact) mass is 250 g/mol. The first-order valence-corrected chi connectivity index (χ1v) is 7.21. The predicted octanol–water partition coefficient (Wildman–Crippen LogP) is 2.93. The average molecular weight is 250 g/mol. The molecule has 1 aromatic heterocycles. The highest BCUT2D eigenvalue weighted by Gasteiger charge is 2.39. The highest BCUT2D eigenvalue weighted by Crippen LogP contribution is 2.41. The summed E-state index contributed by atoms with van der Waals surface area (Å²) in [5.74, 6) is 1.03. The number of hydrogen-bond donors (Lipinski definition) is 1. The second-order valence-corrected chi connectivity index (χ2v) is 6.22. The molecule has 1 saturated carbocycles. The van der Waals surface area contributed by atoms with Crippen LogP contribution in [0.2, 0.25) is 0 Å². The molecule has 0 aliphatic heterocycles. The molecule has 1 aliphatic carbocycles. The Labute approximate surface area is 110 Å². The molecule has 1 N–H and O–H groups in total. The Kier molecular flexibility index (Phi) is 4.10. The Balaban J connectivity index is 2.00. The molecule has 1 fully saturated rings. The van der Waals surface area contributed by atoms with Gasteiger partial charge in [0.25, 0.3) is 0 Å². The molecule has 102 valence electrons. The van der Waals surface area contributed by atoms with Gasteiger partial charge in [0, 0.05) is 13.2 Å². The Morgan fingerprint density at radius 3 is 2.89 bits per heavy atom. The minimum Gasteiger partial charge on any atom is -0.390 e. The van der Waals surface area contributed by atoms with Gasteiger partial charge in [-0.15, -0.1) is 0 Å². The van der Waals surface area contributed by atoms with Gasteiger partial charge < -0.3 is 5.11 Å². The summed E-state index contributed by atoms with van der Waals surface area (Å²) in [5.41, 5.74) is 0.779. The second-order valence-electron chi connectivity index (χ2n) is 6.22. The van der Waals surface area contributed by atoms with Gasteiger partial charge in [-0.1, -0.05) is 26.7 Å². The van der Waals surface area contributed by atoms with E-state index in [0.717, 1.165) is 19.3 Å². The fraction of sp³-hybridized carbons (Fsp3) is 0.800. The maximum absolute atomic E-state index is 10.9. The highest BCUT2D eigenvalue weighted by molar-refractivity contribution is 5.05. The summed E-state index contributed by atoms with van der Waals surface area (Å²) in [6.45, 7) is 4.48. The molecule has 0 saturated heterocycles. The number of hydrogen-bond acceptors (Lipinski definition) is 2. The molecule has 2 atom stereocenters. The minimum atomic E-state index is -0.456. The van der Waals surface area contributed by atoms with Crippen molar-refractivity contribution in [3.8, 4) is 0 Å². The van der Waals surface area contributed by atoms with Gasteiger partial charge in [0.1, 0.15) is 0 Å². The lowest BCUT2D eigenvalue weighted by molar-refractivity contribution is -0.0716. The number of aryl methyl sites for hydroxylation is 2. The normalized spacial score (nSPS) is 28.8. The molecule has 0 amide bonds. The van der Waals surface area contributed by atoms with Gasteiger partial charge in [-0.05, 0) is 43.1 Å². The topological polar surface area (TPSA) is 38.1 Å². The van der Waals surface area contributed by atoms with Crippen molar-refractivity contribution < 1.29 is 5.11 Å². The molecule has 18 heavy (non-hydrogen) atoms. The van der Waals surface area contributed by atoms with Crippen LogP contribution in [0.15, 0.2) is 12.4 Å². The summed E-state index contributed by atoms with van der Waals surface area (Å²) in [4.78, 5) is 0. The van der Waals surface area contributed by atoms with Crippen LogP contribution >= 0.6 is 0 Å².